The average Bonchev–Trinajstić information content (AvgIpc) is 2.19. The Bertz CT molecular complexity index is 310. The maximum Gasteiger partial charge on any atom is 0.222 e. The van der Waals surface area contributed by atoms with Gasteiger partial charge in [-0.15, -0.1) is 0 Å². The van der Waals surface area contributed by atoms with E-state index in [0.717, 1.165) is 18.7 Å². The molecular weight excluding hydrogens is 176 g/mol. The number of carbonyl (C=O) groups excluding carboxylic acids is 1. The number of carbonyl (C=O) groups is 1. The molecule has 1 aromatic carbocycles. The van der Waals surface area contributed by atoms with E-state index in [1.165, 1.54) is 0 Å². The number of piperidine rings is 1. The van der Waals surface area contributed by atoms with Crippen LogP contribution < -0.4 is 10.6 Å². The molecule has 1 aromatic rings. The van der Waals surface area contributed by atoms with Crippen LogP contribution in [0.3, 0.4) is 0 Å². The van der Waals surface area contributed by atoms with Crippen molar-refractivity contribution in [2.45, 2.75) is 18.9 Å². The predicted molar refractivity (Wildman–Crippen MR) is 56.1 cm³/mol. The Morgan fingerprint density at radius 1 is 1.29 bits per heavy atom. The third-order valence-corrected chi connectivity index (χ3v) is 2.39. The lowest BCUT2D eigenvalue weighted by Crippen LogP contribution is -2.39. The van der Waals surface area contributed by atoms with E-state index < -0.39 is 0 Å². The monoisotopic (exact) mass is 190 g/mol. The average molecular weight is 190 g/mol. The van der Waals surface area contributed by atoms with Gasteiger partial charge in [0.2, 0.25) is 5.91 Å². The smallest absolute Gasteiger partial charge is 0.222 e. The molecule has 1 aliphatic heterocycles. The lowest BCUT2D eigenvalue weighted by Gasteiger charge is -2.23. The lowest BCUT2D eigenvalue weighted by molar-refractivity contribution is -0.122. The van der Waals surface area contributed by atoms with Crippen LogP contribution in [0.1, 0.15) is 12.8 Å². The minimum absolute atomic E-state index is 0.143. The van der Waals surface area contributed by atoms with E-state index in [4.69, 9.17) is 0 Å². The Balaban J connectivity index is 1.94. The van der Waals surface area contributed by atoms with Gasteiger partial charge in [-0.3, -0.25) is 4.79 Å². The largest absolute Gasteiger partial charge is 0.382 e. The lowest BCUT2D eigenvalue weighted by atomic mass is 10.1. The molecule has 1 saturated heterocycles. The van der Waals surface area contributed by atoms with Gasteiger partial charge in [-0.1, -0.05) is 18.2 Å². The van der Waals surface area contributed by atoms with Crippen LogP contribution >= 0.6 is 0 Å². The molecule has 2 rings (SSSR count). The van der Waals surface area contributed by atoms with Gasteiger partial charge in [0.05, 0.1) is 0 Å². The summed E-state index contributed by atoms with van der Waals surface area (Å²) in [6.07, 6.45) is 1.58. The van der Waals surface area contributed by atoms with Crippen LogP contribution in [-0.2, 0) is 4.79 Å². The van der Waals surface area contributed by atoms with Gasteiger partial charge < -0.3 is 10.6 Å². The highest BCUT2D eigenvalue weighted by molar-refractivity contribution is 5.77. The van der Waals surface area contributed by atoms with Crippen LogP contribution in [0.4, 0.5) is 5.69 Å². The van der Waals surface area contributed by atoms with E-state index in [1.54, 1.807) is 0 Å². The molecule has 0 radical (unpaired) electrons. The van der Waals surface area contributed by atoms with Gasteiger partial charge in [0.15, 0.2) is 0 Å². The molecule has 1 amide bonds. The van der Waals surface area contributed by atoms with E-state index in [2.05, 4.69) is 10.6 Å². The highest BCUT2D eigenvalue weighted by Crippen LogP contribution is 2.12. The molecule has 0 bridgehead atoms. The summed E-state index contributed by atoms with van der Waals surface area (Å²) in [5.41, 5.74) is 1.09. The zero-order valence-electron chi connectivity index (χ0n) is 7.99. The summed E-state index contributed by atoms with van der Waals surface area (Å²) in [5, 5.41) is 6.17. The first kappa shape index (κ1) is 9.06. The summed E-state index contributed by atoms with van der Waals surface area (Å²) in [6, 6.07) is 10.3. The Hall–Kier alpha value is -1.51. The Kier molecular flexibility index (Phi) is 2.68. The number of hydrogen-bond donors (Lipinski definition) is 2. The predicted octanol–water partition coefficient (Wildman–Crippen LogP) is 1.38. The number of nitrogens with one attached hydrogen (secondary N) is 2. The summed E-state index contributed by atoms with van der Waals surface area (Å²) in [7, 11) is 0. The number of hydrogen-bond acceptors (Lipinski definition) is 2. The van der Waals surface area contributed by atoms with Crippen molar-refractivity contribution in [2.24, 2.45) is 0 Å². The first-order valence-electron chi connectivity index (χ1n) is 4.93. The molecule has 2 N–H and O–H groups in total. The van der Waals surface area contributed by atoms with Crippen molar-refractivity contribution in [3.8, 4) is 0 Å². The molecule has 1 unspecified atom stereocenters. The Morgan fingerprint density at radius 2 is 2.07 bits per heavy atom. The van der Waals surface area contributed by atoms with Crippen molar-refractivity contribution in [2.75, 3.05) is 11.9 Å². The van der Waals surface area contributed by atoms with Crippen LogP contribution in [0.5, 0.6) is 0 Å². The minimum Gasteiger partial charge on any atom is -0.382 e. The molecule has 0 aromatic heterocycles. The number of para-hydroxylation sites is 1. The fourth-order valence-corrected chi connectivity index (χ4v) is 1.68. The van der Waals surface area contributed by atoms with Crippen LogP contribution in [0.15, 0.2) is 30.3 Å². The number of rotatable bonds is 2. The molecule has 14 heavy (non-hydrogen) atoms. The summed E-state index contributed by atoms with van der Waals surface area (Å²) in [5.74, 6) is 0.143. The summed E-state index contributed by atoms with van der Waals surface area (Å²) < 4.78 is 0. The summed E-state index contributed by atoms with van der Waals surface area (Å²) in [4.78, 5) is 11.1. The molecule has 1 fully saturated rings. The number of benzene rings is 1. The van der Waals surface area contributed by atoms with Gasteiger partial charge in [0, 0.05) is 24.7 Å². The van der Waals surface area contributed by atoms with Gasteiger partial charge in [-0.25, -0.2) is 0 Å². The van der Waals surface area contributed by atoms with Crippen molar-refractivity contribution in [3.63, 3.8) is 0 Å². The van der Waals surface area contributed by atoms with Gasteiger partial charge in [0.1, 0.15) is 0 Å². The van der Waals surface area contributed by atoms with Crippen molar-refractivity contribution in [3.05, 3.63) is 30.3 Å². The van der Waals surface area contributed by atoms with E-state index in [0.29, 0.717) is 6.42 Å². The second kappa shape index (κ2) is 4.13. The van der Waals surface area contributed by atoms with Crippen LogP contribution in [0.2, 0.25) is 0 Å². The standard InChI is InChI=1S/C11H14N2O/c14-11-8-10(6-7-12-11)13-9-4-2-1-3-5-9/h1-5,10,13H,6-8H2,(H,12,14). The van der Waals surface area contributed by atoms with Crippen molar-refractivity contribution < 1.29 is 4.79 Å². The molecule has 3 nitrogen and oxygen atoms in total. The highest BCUT2D eigenvalue weighted by Gasteiger charge is 2.18. The highest BCUT2D eigenvalue weighted by atomic mass is 16.1. The Morgan fingerprint density at radius 3 is 2.79 bits per heavy atom. The van der Waals surface area contributed by atoms with E-state index in [1.807, 2.05) is 30.3 Å². The topological polar surface area (TPSA) is 41.1 Å². The van der Waals surface area contributed by atoms with Crippen LogP contribution in [0.25, 0.3) is 0 Å². The molecule has 0 spiro atoms. The third-order valence-electron chi connectivity index (χ3n) is 2.39. The first-order valence-corrected chi connectivity index (χ1v) is 4.93. The summed E-state index contributed by atoms with van der Waals surface area (Å²) >= 11 is 0. The first-order chi connectivity index (χ1) is 6.84. The van der Waals surface area contributed by atoms with Crippen molar-refractivity contribution in [1.82, 2.24) is 5.32 Å². The zero-order chi connectivity index (χ0) is 9.80. The van der Waals surface area contributed by atoms with Gasteiger partial charge in [-0.2, -0.15) is 0 Å². The maximum atomic E-state index is 11.1. The van der Waals surface area contributed by atoms with Crippen LogP contribution in [-0.4, -0.2) is 18.5 Å². The quantitative estimate of drug-likeness (QED) is 0.739. The molecule has 0 saturated carbocycles. The summed E-state index contributed by atoms with van der Waals surface area (Å²) in [6.45, 7) is 0.781. The zero-order valence-corrected chi connectivity index (χ0v) is 7.99. The molecule has 3 heteroatoms. The van der Waals surface area contributed by atoms with E-state index in [9.17, 15) is 4.79 Å². The minimum atomic E-state index is 0.143. The van der Waals surface area contributed by atoms with E-state index in [-0.39, 0.29) is 11.9 Å². The molecule has 74 valence electrons. The van der Waals surface area contributed by atoms with Gasteiger partial charge in [0.25, 0.3) is 0 Å². The van der Waals surface area contributed by atoms with Crippen LogP contribution in [0, 0.1) is 0 Å². The second-order valence-electron chi connectivity index (χ2n) is 3.55. The molecule has 0 aliphatic carbocycles. The van der Waals surface area contributed by atoms with Gasteiger partial charge in [-0.05, 0) is 18.6 Å². The number of amides is 1. The maximum absolute atomic E-state index is 11.1. The number of anilines is 1. The SMILES string of the molecule is O=C1CC(Nc2ccccc2)CCN1. The molecule has 1 aliphatic rings. The van der Waals surface area contributed by atoms with Gasteiger partial charge >= 0.3 is 0 Å². The fraction of sp³-hybridized carbons (Fsp3) is 0.364. The molecule has 1 atom stereocenters. The van der Waals surface area contributed by atoms with E-state index >= 15 is 0 Å². The normalized spacial score (nSPS) is 21.4. The Labute approximate surface area is 83.5 Å². The second-order valence-corrected chi connectivity index (χ2v) is 3.55. The van der Waals surface area contributed by atoms with Crippen molar-refractivity contribution >= 4 is 11.6 Å². The van der Waals surface area contributed by atoms with Crippen molar-refractivity contribution in [1.29, 1.82) is 0 Å². The fourth-order valence-electron chi connectivity index (χ4n) is 1.68. The molecular formula is C11H14N2O. The molecule has 1 heterocycles. The third kappa shape index (κ3) is 2.25.